The minimum atomic E-state index is -1.20. The van der Waals surface area contributed by atoms with Gasteiger partial charge in [0.1, 0.15) is 18.4 Å². The molecule has 1 aromatic carbocycles. The maximum absolute atomic E-state index is 13.8. The number of aldehydes is 1. The van der Waals surface area contributed by atoms with Crippen LogP contribution >= 0.6 is 0 Å². The van der Waals surface area contributed by atoms with Crippen LogP contribution < -0.4 is 10.6 Å². The first-order valence-electron chi connectivity index (χ1n) is 11.9. The summed E-state index contributed by atoms with van der Waals surface area (Å²) in [6.45, 7) is 9.08. The van der Waals surface area contributed by atoms with Crippen molar-refractivity contribution in [1.82, 2.24) is 25.4 Å². The molecule has 0 saturated carbocycles. The lowest BCUT2D eigenvalue weighted by Gasteiger charge is -2.41. The van der Waals surface area contributed by atoms with E-state index >= 15 is 0 Å². The number of benzene rings is 1. The number of pyridine rings is 1. The number of hydrogen-bond acceptors (Lipinski definition) is 7. The van der Waals surface area contributed by atoms with E-state index in [4.69, 9.17) is 5.11 Å². The van der Waals surface area contributed by atoms with Gasteiger partial charge in [0, 0.05) is 31.2 Å². The van der Waals surface area contributed by atoms with E-state index in [1.165, 1.54) is 4.90 Å². The van der Waals surface area contributed by atoms with Crippen LogP contribution in [0.15, 0.2) is 43.1 Å². The highest BCUT2D eigenvalue weighted by Crippen LogP contribution is 2.23. The van der Waals surface area contributed by atoms with E-state index in [0.29, 0.717) is 30.8 Å². The zero-order valence-electron chi connectivity index (χ0n) is 20.8. The lowest BCUT2D eigenvalue weighted by Crippen LogP contribution is -2.64. The van der Waals surface area contributed by atoms with Crippen molar-refractivity contribution in [3.63, 3.8) is 0 Å². The Balaban J connectivity index is 1.82. The predicted molar refractivity (Wildman–Crippen MR) is 136 cm³/mol. The first kappa shape index (κ1) is 26.8. The van der Waals surface area contributed by atoms with Gasteiger partial charge in [-0.15, -0.1) is 0 Å². The van der Waals surface area contributed by atoms with Crippen LogP contribution in [0.1, 0.15) is 26.0 Å². The fraction of sp³-hybridized carbons (Fsp3) is 0.423. The number of amides is 2. The molecule has 1 aliphatic rings. The normalized spacial score (nSPS) is 17.9. The highest BCUT2D eigenvalue weighted by molar-refractivity contribution is 5.94. The van der Waals surface area contributed by atoms with E-state index in [1.807, 2.05) is 56.1 Å². The van der Waals surface area contributed by atoms with Crippen molar-refractivity contribution in [3.8, 4) is 0 Å². The molecule has 192 valence electrons. The van der Waals surface area contributed by atoms with Gasteiger partial charge in [-0.2, -0.15) is 0 Å². The van der Waals surface area contributed by atoms with Crippen molar-refractivity contribution < 1.29 is 24.3 Å². The molecular formula is C26H33N5O5. The van der Waals surface area contributed by atoms with E-state index in [2.05, 4.69) is 22.2 Å². The monoisotopic (exact) mass is 495 g/mol. The second-order valence-corrected chi connectivity index (χ2v) is 9.38. The Kier molecular flexibility index (Phi) is 8.76. The number of piperazine rings is 1. The molecule has 0 aliphatic carbocycles. The van der Waals surface area contributed by atoms with Gasteiger partial charge >= 0.3 is 5.97 Å². The van der Waals surface area contributed by atoms with Crippen LogP contribution in [0.3, 0.4) is 0 Å². The Morgan fingerprint density at radius 1 is 1.19 bits per heavy atom. The van der Waals surface area contributed by atoms with Gasteiger partial charge in [0.05, 0.1) is 23.9 Å². The smallest absolute Gasteiger partial charge is 0.305 e. The van der Waals surface area contributed by atoms with Crippen LogP contribution in [0.25, 0.3) is 16.5 Å². The Hall–Kier alpha value is -3.79. The number of fused-ring (bicyclic) bond motifs is 1. The van der Waals surface area contributed by atoms with Gasteiger partial charge in [-0.25, -0.2) is 0 Å². The number of carboxylic acid groups (broad SMARTS) is 1. The number of carboxylic acids is 1. The van der Waals surface area contributed by atoms with Crippen molar-refractivity contribution >= 4 is 40.5 Å². The number of aromatic nitrogens is 1. The van der Waals surface area contributed by atoms with Crippen molar-refractivity contribution in [2.75, 3.05) is 26.7 Å². The van der Waals surface area contributed by atoms with Gasteiger partial charge in [-0.1, -0.05) is 44.7 Å². The molecular weight excluding hydrogens is 462 g/mol. The van der Waals surface area contributed by atoms with Crippen LogP contribution in [-0.4, -0.2) is 88.8 Å². The zero-order valence-corrected chi connectivity index (χ0v) is 20.8. The molecule has 0 bridgehead atoms. The molecule has 0 unspecified atom stereocenters. The zero-order chi connectivity index (χ0) is 26.4. The van der Waals surface area contributed by atoms with Crippen LogP contribution in [-0.2, 0) is 19.2 Å². The van der Waals surface area contributed by atoms with Crippen LogP contribution in [0.4, 0.5) is 0 Å². The third-order valence-electron chi connectivity index (χ3n) is 6.28. The number of likely N-dealkylation sites (N-methyl/N-ethyl adjacent to an activating group) is 1. The molecule has 3 rings (SSSR count). The Labute approximate surface area is 210 Å². The number of carbonyl (C=O) groups excluding carboxylic acids is 3. The molecule has 3 atom stereocenters. The number of hydrogen-bond donors (Lipinski definition) is 3. The van der Waals surface area contributed by atoms with Crippen molar-refractivity contribution in [3.05, 3.63) is 48.8 Å². The van der Waals surface area contributed by atoms with Gasteiger partial charge in [-0.05, 0) is 24.4 Å². The average molecular weight is 496 g/mol. The Bertz CT molecular complexity index is 1150. The van der Waals surface area contributed by atoms with Crippen molar-refractivity contribution in [2.45, 2.75) is 38.4 Å². The fourth-order valence-electron chi connectivity index (χ4n) is 4.32. The molecule has 0 radical (unpaired) electrons. The van der Waals surface area contributed by atoms with Gasteiger partial charge in [-0.3, -0.25) is 19.4 Å². The van der Waals surface area contributed by atoms with Crippen molar-refractivity contribution in [2.24, 2.45) is 5.92 Å². The number of nitrogens with zero attached hydrogens (tertiary/aromatic N) is 3. The van der Waals surface area contributed by atoms with Gasteiger partial charge in [0.2, 0.25) is 11.8 Å². The summed E-state index contributed by atoms with van der Waals surface area (Å²) in [5.41, 5.74) is 1.14. The van der Waals surface area contributed by atoms with Crippen molar-refractivity contribution in [1.29, 1.82) is 0 Å². The molecule has 3 N–H and O–H groups in total. The standard InChI is InChI=1S/C26H33N5O5/c1-16(2)23(28-17(3)24-20-8-6-5-7-18(20)9-10-27-24)26(36)31-12-11-30(4)14-21(31)25(35)29-19(15-32)13-22(33)34/h5-10,15-16,19,21,23,28H,3,11-14H2,1-2,4H3,(H,29,35)(H,33,34)/t19-,21-,23-/m0/s1. The summed E-state index contributed by atoms with van der Waals surface area (Å²) in [7, 11) is 1.84. The molecule has 10 heteroatoms. The molecule has 10 nitrogen and oxygen atoms in total. The quantitative estimate of drug-likeness (QED) is 0.418. The number of nitrogens with one attached hydrogen (secondary N) is 2. The van der Waals surface area contributed by atoms with Crippen LogP contribution in [0, 0.1) is 5.92 Å². The number of carbonyl (C=O) groups is 4. The third kappa shape index (κ3) is 6.25. The summed E-state index contributed by atoms with van der Waals surface area (Å²) in [4.78, 5) is 57.0. The number of rotatable bonds is 10. The molecule has 2 amide bonds. The van der Waals surface area contributed by atoms with E-state index in [0.717, 1.165) is 10.8 Å². The molecule has 1 aliphatic heterocycles. The van der Waals surface area contributed by atoms with E-state index in [1.54, 1.807) is 6.20 Å². The van der Waals surface area contributed by atoms with Gasteiger partial charge in [0.25, 0.3) is 0 Å². The summed E-state index contributed by atoms with van der Waals surface area (Å²) < 4.78 is 0. The summed E-state index contributed by atoms with van der Waals surface area (Å²) >= 11 is 0. The predicted octanol–water partition coefficient (Wildman–Crippen LogP) is 1.12. The first-order valence-corrected chi connectivity index (χ1v) is 11.9. The lowest BCUT2D eigenvalue weighted by molar-refractivity contribution is -0.146. The molecule has 36 heavy (non-hydrogen) atoms. The third-order valence-corrected chi connectivity index (χ3v) is 6.28. The molecule has 1 aromatic heterocycles. The van der Waals surface area contributed by atoms with E-state index in [-0.39, 0.29) is 18.4 Å². The first-order chi connectivity index (χ1) is 17.1. The molecule has 2 heterocycles. The van der Waals surface area contributed by atoms with Crippen LogP contribution in [0.2, 0.25) is 0 Å². The summed E-state index contributed by atoms with van der Waals surface area (Å²) in [6.07, 6.45) is 1.56. The highest BCUT2D eigenvalue weighted by atomic mass is 16.4. The van der Waals surface area contributed by atoms with Crippen LogP contribution in [0.5, 0.6) is 0 Å². The Morgan fingerprint density at radius 3 is 2.58 bits per heavy atom. The molecule has 2 aromatic rings. The highest BCUT2D eigenvalue weighted by Gasteiger charge is 2.39. The molecule has 0 spiro atoms. The summed E-state index contributed by atoms with van der Waals surface area (Å²) in [5, 5.41) is 16.6. The van der Waals surface area contributed by atoms with E-state index in [9.17, 15) is 19.2 Å². The average Bonchev–Trinajstić information content (AvgIpc) is 2.85. The number of aliphatic carboxylic acids is 1. The maximum Gasteiger partial charge on any atom is 0.305 e. The van der Waals surface area contributed by atoms with E-state index < -0.39 is 36.4 Å². The summed E-state index contributed by atoms with van der Waals surface area (Å²) in [5.74, 6) is -2.18. The summed E-state index contributed by atoms with van der Waals surface area (Å²) in [6, 6.07) is 6.94. The topological polar surface area (TPSA) is 132 Å². The largest absolute Gasteiger partial charge is 0.481 e. The van der Waals surface area contributed by atoms with Gasteiger partial charge < -0.3 is 30.3 Å². The maximum atomic E-state index is 13.8. The lowest BCUT2D eigenvalue weighted by atomic mass is 9.99. The molecule has 1 fully saturated rings. The fourth-order valence-corrected chi connectivity index (χ4v) is 4.32. The molecule has 1 saturated heterocycles. The Morgan fingerprint density at radius 2 is 1.92 bits per heavy atom. The van der Waals surface area contributed by atoms with Gasteiger partial charge in [0.15, 0.2) is 0 Å². The second-order valence-electron chi connectivity index (χ2n) is 9.38. The SMILES string of the molecule is C=C(N[C@H](C(=O)N1CCN(C)C[C@H]1C(=O)N[C@H](C=O)CC(=O)O)C(C)C)c1nccc2ccccc12. The minimum Gasteiger partial charge on any atom is -0.481 e. The second kappa shape index (κ2) is 11.8. The minimum absolute atomic E-state index is 0.137.